The Kier molecular flexibility index (Phi) is 4.60. The number of nitrogens with zero attached hydrogens (tertiary/aromatic N) is 1. The highest BCUT2D eigenvalue weighted by molar-refractivity contribution is 5.88. The number of hydrogen-bond acceptors (Lipinski definition) is 2. The zero-order valence-electron chi connectivity index (χ0n) is 13.2. The van der Waals surface area contributed by atoms with Crippen LogP contribution in [0.3, 0.4) is 0 Å². The molecule has 2 nitrogen and oxygen atoms in total. The van der Waals surface area contributed by atoms with E-state index >= 15 is 0 Å². The molecule has 2 aromatic carbocycles. The van der Waals surface area contributed by atoms with E-state index in [2.05, 4.69) is 5.32 Å². The van der Waals surface area contributed by atoms with Gasteiger partial charge < -0.3 is 5.32 Å². The summed E-state index contributed by atoms with van der Waals surface area (Å²) in [4.78, 5) is 1.96. The summed E-state index contributed by atoms with van der Waals surface area (Å²) >= 11 is 0. The summed E-state index contributed by atoms with van der Waals surface area (Å²) in [6.45, 7) is 4.75. The fourth-order valence-corrected chi connectivity index (χ4v) is 3.41. The molecule has 0 aliphatic carbocycles. The van der Waals surface area contributed by atoms with Gasteiger partial charge in [-0.2, -0.15) is 13.2 Å². The zero-order chi connectivity index (χ0) is 16.4. The molecule has 0 spiro atoms. The van der Waals surface area contributed by atoms with Gasteiger partial charge in [0.1, 0.15) is 0 Å². The van der Waals surface area contributed by atoms with Gasteiger partial charge in [0.25, 0.3) is 0 Å². The van der Waals surface area contributed by atoms with E-state index < -0.39 is 18.6 Å². The number of nitrogens with one attached hydrogen (secondary N) is 1. The number of benzene rings is 2. The molecular formula is C18H21F3N2. The minimum atomic E-state index is -4.18. The van der Waals surface area contributed by atoms with Crippen LogP contribution in [-0.2, 0) is 0 Å². The second-order valence-electron chi connectivity index (χ2n) is 6.14. The molecule has 124 valence electrons. The van der Waals surface area contributed by atoms with Crippen molar-refractivity contribution >= 4 is 10.8 Å². The molecule has 1 aliphatic rings. The third-order valence-electron chi connectivity index (χ3n) is 4.55. The third-order valence-corrected chi connectivity index (χ3v) is 4.55. The molecule has 2 aromatic rings. The van der Waals surface area contributed by atoms with Gasteiger partial charge in [-0.15, -0.1) is 0 Å². The van der Waals surface area contributed by atoms with Gasteiger partial charge in [-0.25, -0.2) is 0 Å². The van der Waals surface area contributed by atoms with E-state index in [1.807, 2.05) is 48.2 Å². The summed E-state index contributed by atoms with van der Waals surface area (Å²) in [6.07, 6.45) is -4.98. The lowest BCUT2D eigenvalue weighted by Crippen LogP contribution is -2.46. The summed E-state index contributed by atoms with van der Waals surface area (Å²) < 4.78 is 39.6. The van der Waals surface area contributed by atoms with Crippen LogP contribution in [0.1, 0.15) is 23.6 Å². The van der Waals surface area contributed by atoms with Gasteiger partial charge in [0.05, 0.1) is 6.42 Å². The average Bonchev–Trinajstić information content (AvgIpc) is 2.54. The third kappa shape index (κ3) is 3.67. The van der Waals surface area contributed by atoms with E-state index in [1.165, 1.54) is 0 Å². The number of alkyl halides is 3. The van der Waals surface area contributed by atoms with Crippen molar-refractivity contribution in [3.8, 4) is 0 Å². The van der Waals surface area contributed by atoms with Crippen LogP contribution in [0.15, 0.2) is 36.4 Å². The number of aryl methyl sites for hydroxylation is 1. The van der Waals surface area contributed by atoms with Crippen LogP contribution in [0, 0.1) is 6.92 Å². The van der Waals surface area contributed by atoms with Crippen LogP contribution >= 0.6 is 0 Å². The molecule has 0 amide bonds. The van der Waals surface area contributed by atoms with E-state index in [9.17, 15) is 13.2 Å². The van der Waals surface area contributed by atoms with Gasteiger partial charge in [0.15, 0.2) is 0 Å². The minimum Gasteiger partial charge on any atom is -0.314 e. The summed E-state index contributed by atoms with van der Waals surface area (Å²) in [5, 5.41) is 5.17. The van der Waals surface area contributed by atoms with Crippen molar-refractivity contribution in [2.45, 2.75) is 25.6 Å². The molecule has 0 saturated carbocycles. The highest BCUT2D eigenvalue weighted by atomic mass is 19.4. The lowest BCUT2D eigenvalue weighted by Gasteiger charge is -2.36. The number of piperazine rings is 1. The Hall–Kier alpha value is -1.59. The van der Waals surface area contributed by atoms with Gasteiger partial charge in [0.2, 0.25) is 0 Å². The maximum Gasteiger partial charge on any atom is 0.390 e. The van der Waals surface area contributed by atoms with Crippen molar-refractivity contribution < 1.29 is 13.2 Å². The largest absolute Gasteiger partial charge is 0.390 e. The summed E-state index contributed by atoms with van der Waals surface area (Å²) in [6, 6.07) is 10.9. The van der Waals surface area contributed by atoms with E-state index in [4.69, 9.17) is 0 Å². The molecule has 1 saturated heterocycles. The molecule has 1 aliphatic heterocycles. The first-order valence-electron chi connectivity index (χ1n) is 7.95. The van der Waals surface area contributed by atoms with Gasteiger partial charge in [-0.05, 0) is 28.8 Å². The van der Waals surface area contributed by atoms with Crippen LogP contribution in [0.4, 0.5) is 13.2 Å². The summed E-state index contributed by atoms with van der Waals surface area (Å²) in [5.41, 5.74) is 1.88. The Bertz CT molecular complexity index is 676. The van der Waals surface area contributed by atoms with Crippen LogP contribution in [0.5, 0.6) is 0 Å². The van der Waals surface area contributed by atoms with Crippen LogP contribution in [-0.4, -0.2) is 37.3 Å². The Morgan fingerprint density at radius 2 is 1.70 bits per heavy atom. The van der Waals surface area contributed by atoms with Crippen LogP contribution in [0.2, 0.25) is 0 Å². The number of halogens is 3. The Morgan fingerprint density at radius 1 is 1.04 bits per heavy atom. The maximum atomic E-state index is 13.2. The molecule has 0 aromatic heterocycles. The van der Waals surface area contributed by atoms with Gasteiger partial charge in [0, 0.05) is 32.2 Å². The summed E-state index contributed by atoms with van der Waals surface area (Å²) in [7, 11) is 0. The lowest BCUT2D eigenvalue weighted by molar-refractivity contribution is -0.148. The molecule has 1 atom stereocenters. The monoisotopic (exact) mass is 322 g/mol. The van der Waals surface area contributed by atoms with Crippen molar-refractivity contribution in [2.24, 2.45) is 0 Å². The predicted molar refractivity (Wildman–Crippen MR) is 86.5 cm³/mol. The Balaban J connectivity index is 2.07. The first-order valence-corrected chi connectivity index (χ1v) is 7.95. The average molecular weight is 322 g/mol. The first-order chi connectivity index (χ1) is 11.0. The predicted octanol–water partition coefficient (Wildman–Crippen LogP) is 4.05. The van der Waals surface area contributed by atoms with Gasteiger partial charge in [-0.1, -0.05) is 36.4 Å². The minimum absolute atomic E-state index is 0.623. The SMILES string of the molecule is Cc1ccc([C@@H](CC(F)(F)F)N2CCNCC2)c2ccccc12. The molecule has 1 fully saturated rings. The quantitative estimate of drug-likeness (QED) is 0.917. The van der Waals surface area contributed by atoms with Crippen molar-refractivity contribution in [2.75, 3.05) is 26.2 Å². The molecule has 0 bridgehead atoms. The van der Waals surface area contributed by atoms with E-state index in [1.54, 1.807) is 0 Å². The number of fused-ring (bicyclic) bond motifs is 1. The van der Waals surface area contributed by atoms with Crippen LogP contribution in [0.25, 0.3) is 10.8 Å². The molecule has 5 heteroatoms. The van der Waals surface area contributed by atoms with Crippen LogP contribution < -0.4 is 5.32 Å². The second kappa shape index (κ2) is 6.49. The smallest absolute Gasteiger partial charge is 0.314 e. The lowest BCUT2D eigenvalue weighted by atomic mass is 9.93. The van der Waals surface area contributed by atoms with E-state index in [-0.39, 0.29) is 0 Å². The maximum absolute atomic E-state index is 13.2. The molecule has 1 heterocycles. The van der Waals surface area contributed by atoms with Crippen molar-refractivity contribution in [1.29, 1.82) is 0 Å². The molecule has 3 rings (SSSR count). The number of rotatable bonds is 3. The van der Waals surface area contributed by atoms with E-state index in [0.717, 1.165) is 35.0 Å². The van der Waals surface area contributed by atoms with Crippen molar-refractivity contribution in [1.82, 2.24) is 10.2 Å². The standard InChI is InChI=1S/C18H21F3N2/c1-13-6-7-16(15-5-3-2-4-14(13)15)17(12-18(19,20)21)23-10-8-22-9-11-23/h2-7,17,22H,8-12H2,1H3/t17-/m1/s1. The highest BCUT2D eigenvalue weighted by Crippen LogP contribution is 2.37. The molecule has 0 radical (unpaired) electrons. The Morgan fingerprint density at radius 3 is 2.35 bits per heavy atom. The van der Waals surface area contributed by atoms with Crippen molar-refractivity contribution in [3.63, 3.8) is 0 Å². The van der Waals surface area contributed by atoms with Gasteiger partial charge >= 0.3 is 6.18 Å². The normalized spacial score (nSPS) is 18.3. The molecule has 1 N–H and O–H groups in total. The highest BCUT2D eigenvalue weighted by Gasteiger charge is 2.36. The topological polar surface area (TPSA) is 15.3 Å². The van der Waals surface area contributed by atoms with Crippen molar-refractivity contribution in [3.05, 3.63) is 47.5 Å². The fraction of sp³-hybridized carbons (Fsp3) is 0.444. The molecule has 23 heavy (non-hydrogen) atoms. The first kappa shape index (κ1) is 16.3. The molecular weight excluding hydrogens is 301 g/mol. The fourth-order valence-electron chi connectivity index (χ4n) is 3.41. The second-order valence-corrected chi connectivity index (χ2v) is 6.14. The zero-order valence-corrected chi connectivity index (χ0v) is 13.2. The van der Waals surface area contributed by atoms with Gasteiger partial charge in [-0.3, -0.25) is 4.90 Å². The summed E-state index contributed by atoms with van der Waals surface area (Å²) in [5.74, 6) is 0. The number of hydrogen-bond donors (Lipinski definition) is 1. The van der Waals surface area contributed by atoms with E-state index in [0.29, 0.717) is 13.1 Å². The molecule has 0 unspecified atom stereocenters. The Labute approximate surface area is 134 Å².